The van der Waals surface area contributed by atoms with Crippen molar-refractivity contribution in [1.82, 2.24) is 14.8 Å². The normalized spacial score (nSPS) is 10.8. The number of hydrogen-bond donors (Lipinski definition) is 1. The SMILES string of the molecule is CCOCCOc1nc(-c2ccc(C)cc2)n(-c2ccc(NC(=O)Cc3ccc(OC)cc3)cc2)n1. The van der Waals surface area contributed by atoms with Crippen molar-refractivity contribution in [3.05, 3.63) is 83.9 Å². The summed E-state index contributed by atoms with van der Waals surface area (Å²) in [5, 5.41) is 7.51. The van der Waals surface area contributed by atoms with Crippen molar-refractivity contribution in [2.45, 2.75) is 20.3 Å². The van der Waals surface area contributed by atoms with Gasteiger partial charge in [0.2, 0.25) is 5.91 Å². The van der Waals surface area contributed by atoms with Gasteiger partial charge in [-0.25, -0.2) is 4.68 Å². The third kappa shape index (κ3) is 6.49. The van der Waals surface area contributed by atoms with Crippen molar-refractivity contribution >= 4 is 11.6 Å². The minimum absolute atomic E-state index is 0.0981. The van der Waals surface area contributed by atoms with Gasteiger partial charge in [0, 0.05) is 17.9 Å². The van der Waals surface area contributed by atoms with Crippen molar-refractivity contribution in [1.29, 1.82) is 0 Å². The molecule has 0 unspecified atom stereocenters. The van der Waals surface area contributed by atoms with E-state index in [1.54, 1.807) is 11.8 Å². The predicted octanol–water partition coefficient (Wildman–Crippen LogP) is 4.85. The molecule has 0 saturated carbocycles. The van der Waals surface area contributed by atoms with E-state index >= 15 is 0 Å². The van der Waals surface area contributed by atoms with Gasteiger partial charge in [-0.2, -0.15) is 4.98 Å². The predicted molar refractivity (Wildman–Crippen MR) is 139 cm³/mol. The average molecular weight is 487 g/mol. The standard InChI is InChI=1S/C28H30N4O4/c1-4-35-17-18-36-28-30-27(22-9-5-20(2)6-10-22)32(31-28)24-13-11-23(12-14-24)29-26(33)19-21-7-15-25(34-3)16-8-21/h5-16H,4,17-19H2,1-3H3,(H,29,33). The second-order valence-electron chi connectivity index (χ2n) is 8.16. The number of aromatic nitrogens is 3. The molecule has 0 spiro atoms. The van der Waals surface area contributed by atoms with E-state index in [0.29, 0.717) is 31.3 Å². The van der Waals surface area contributed by atoms with Crippen LogP contribution in [0.3, 0.4) is 0 Å². The van der Waals surface area contributed by atoms with E-state index in [2.05, 4.69) is 15.4 Å². The topological polar surface area (TPSA) is 87.5 Å². The van der Waals surface area contributed by atoms with Crippen LogP contribution >= 0.6 is 0 Å². The zero-order chi connectivity index (χ0) is 25.3. The lowest BCUT2D eigenvalue weighted by Gasteiger charge is -2.09. The maximum atomic E-state index is 12.5. The number of amides is 1. The molecule has 0 atom stereocenters. The number of nitrogens with zero attached hydrogens (tertiary/aromatic N) is 3. The van der Waals surface area contributed by atoms with E-state index in [4.69, 9.17) is 14.2 Å². The third-order valence-electron chi connectivity index (χ3n) is 5.48. The Balaban J connectivity index is 1.49. The number of benzene rings is 3. The van der Waals surface area contributed by atoms with Gasteiger partial charge in [0.15, 0.2) is 5.82 Å². The van der Waals surface area contributed by atoms with Crippen LogP contribution in [0.5, 0.6) is 11.8 Å². The van der Waals surface area contributed by atoms with Gasteiger partial charge in [-0.05, 0) is 55.8 Å². The quantitative estimate of drug-likeness (QED) is 0.305. The molecule has 4 rings (SSSR count). The van der Waals surface area contributed by atoms with Gasteiger partial charge < -0.3 is 19.5 Å². The Morgan fingerprint density at radius 2 is 1.67 bits per heavy atom. The summed E-state index contributed by atoms with van der Waals surface area (Å²) in [5.41, 5.74) is 4.48. The Kier molecular flexibility index (Phi) is 8.31. The molecule has 0 fully saturated rings. The number of nitrogens with one attached hydrogen (secondary N) is 1. The van der Waals surface area contributed by atoms with Crippen LogP contribution in [0.4, 0.5) is 5.69 Å². The molecule has 1 amide bonds. The summed E-state index contributed by atoms with van der Waals surface area (Å²) in [4.78, 5) is 17.1. The highest BCUT2D eigenvalue weighted by Crippen LogP contribution is 2.25. The molecule has 36 heavy (non-hydrogen) atoms. The maximum Gasteiger partial charge on any atom is 0.336 e. The fourth-order valence-electron chi connectivity index (χ4n) is 3.58. The molecule has 8 heteroatoms. The lowest BCUT2D eigenvalue weighted by atomic mass is 10.1. The zero-order valence-electron chi connectivity index (χ0n) is 20.7. The van der Waals surface area contributed by atoms with Gasteiger partial charge in [-0.1, -0.05) is 42.0 Å². The first kappa shape index (κ1) is 24.9. The van der Waals surface area contributed by atoms with Crippen LogP contribution in [0.25, 0.3) is 17.1 Å². The molecule has 0 aliphatic rings. The first-order chi connectivity index (χ1) is 17.6. The van der Waals surface area contributed by atoms with Crippen molar-refractivity contribution < 1.29 is 19.0 Å². The van der Waals surface area contributed by atoms with Crippen molar-refractivity contribution in [2.24, 2.45) is 0 Å². The molecule has 4 aromatic rings. The highest BCUT2D eigenvalue weighted by molar-refractivity contribution is 5.92. The lowest BCUT2D eigenvalue weighted by Crippen LogP contribution is -2.14. The van der Waals surface area contributed by atoms with Gasteiger partial charge in [0.05, 0.1) is 25.8 Å². The largest absolute Gasteiger partial charge is 0.497 e. The van der Waals surface area contributed by atoms with E-state index < -0.39 is 0 Å². The molecule has 3 aromatic carbocycles. The summed E-state index contributed by atoms with van der Waals surface area (Å²) in [6, 6.07) is 23.3. The van der Waals surface area contributed by atoms with Crippen molar-refractivity contribution in [3.8, 4) is 28.8 Å². The van der Waals surface area contributed by atoms with E-state index in [9.17, 15) is 4.79 Å². The number of anilines is 1. The fourth-order valence-corrected chi connectivity index (χ4v) is 3.58. The summed E-state index contributed by atoms with van der Waals surface area (Å²) >= 11 is 0. The average Bonchev–Trinajstić information content (AvgIpc) is 3.32. The Hall–Kier alpha value is -4.17. The third-order valence-corrected chi connectivity index (χ3v) is 5.48. The molecule has 0 saturated heterocycles. The second kappa shape index (κ2) is 12.0. The highest BCUT2D eigenvalue weighted by atomic mass is 16.5. The number of aryl methyl sites for hydroxylation is 1. The Labute approximate surface area is 210 Å². The van der Waals surface area contributed by atoms with Gasteiger partial charge in [0.25, 0.3) is 0 Å². The second-order valence-corrected chi connectivity index (χ2v) is 8.16. The van der Waals surface area contributed by atoms with Crippen molar-refractivity contribution in [2.75, 3.05) is 32.2 Å². The molecule has 1 N–H and O–H groups in total. The number of carbonyl (C=O) groups is 1. The van der Waals surface area contributed by atoms with Crippen LogP contribution in [-0.2, 0) is 16.0 Å². The Morgan fingerprint density at radius 1 is 0.944 bits per heavy atom. The number of carbonyl (C=O) groups excluding carboxylic acids is 1. The van der Waals surface area contributed by atoms with Crippen LogP contribution < -0.4 is 14.8 Å². The monoisotopic (exact) mass is 486 g/mol. The molecule has 1 aromatic heterocycles. The molecule has 1 heterocycles. The van der Waals surface area contributed by atoms with E-state index in [0.717, 1.165) is 28.1 Å². The Morgan fingerprint density at radius 3 is 2.33 bits per heavy atom. The molecular weight excluding hydrogens is 456 g/mol. The smallest absolute Gasteiger partial charge is 0.336 e. The molecule has 186 valence electrons. The molecule has 0 aliphatic heterocycles. The molecule has 0 aliphatic carbocycles. The summed E-state index contributed by atoms with van der Waals surface area (Å²) in [5.74, 6) is 1.33. The summed E-state index contributed by atoms with van der Waals surface area (Å²) in [7, 11) is 1.62. The molecule has 8 nitrogen and oxygen atoms in total. The maximum absolute atomic E-state index is 12.5. The first-order valence-corrected chi connectivity index (χ1v) is 11.8. The number of hydrogen-bond acceptors (Lipinski definition) is 6. The minimum Gasteiger partial charge on any atom is -0.497 e. The van der Waals surface area contributed by atoms with Gasteiger partial charge >= 0.3 is 6.01 Å². The van der Waals surface area contributed by atoms with Crippen LogP contribution in [0, 0.1) is 6.92 Å². The van der Waals surface area contributed by atoms with E-state index in [-0.39, 0.29) is 18.3 Å². The van der Waals surface area contributed by atoms with E-state index in [1.807, 2.05) is 86.6 Å². The fraction of sp³-hybridized carbons (Fsp3) is 0.250. The highest BCUT2D eigenvalue weighted by Gasteiger charge is 2.15. The van der Waals surface area contributed by atoms with Crippen molar-refractivity contribution in [3.63, 3.8) is 0 Å². The first-order valence-electron chi connectivity index (χ1n) is 11.8. The molecule has 0 radical (unpaired) electrons. The molecule has 0 bridgehead atoms. The van der Waals surface area contributed by atoms with Crippen LogP contribution in [0.2, 0.25) is 0 Å². The van der Waals surface area contributed by atoms with E-state index in [1.165, 1.54) is 0 Å². The van der Waals surface area contributed by atoms with Crippen LogP contribution in [0.15, 0.2) is 72.8 Å². The number of rotatable bonds is 11. The summed E-state index contributed by atoms with van der Waals surface area (Å²) < 4.78 is 18.0. The number of methoxy groups -OCH3 is 1. The van der Waals surface area contributed by atoms with Gasteiger partial charge in [-0.15, -0.1) is 5.10 Å². The van der Waals surface area contributed by atoms with Crippen LogP contribution in [-0.4, -0.2) is 47.6 Å². The molecular formula is C28H30N4O4. The van der Waals surface area contributed by atoms with Gasteiger partial charge in [-0.3, -0.25) is 4.79 Å². The van der Waals surface area contributed by atoms with Gasteiger partial charge in [0.1, 0.15) is 12.4 Å². The summed E-state index contributed by atoms with van der Waals surface area (Å²) in [6.07, 6.45) is 0.273. The number of ether oxygens (including phenoxy) is 3. The lowest BCUT2D eigenvalue weighted by molar-refractivity contribution is -0.115. The zero-order valence-corrected chi connectivity index (χ0v) is 20.7. The Bertz CT molecular complexity index is 1270. The van der Waals surface area contributed by atoms with Crippen LogP contribution in [0.1, 0.15) is 18.1 Å². The minimum atomic E-state index is -0.0981. The summed E-state index contributed by atoms with van der Waals surface area (Å²) in [6.45, 7) is 5.44.